The second-order valence-corrected chi connectivity index (χ2v) is 8.83. The van der Waals surface area contributed by atoms with Crippen LogP contribution < -0.4 is 0 Å². The van der Waals surface area contributed by atoms with Crippen LogP contribution in [0, 0.1) is 6.92 Å². The third-order valence-electron chi connectivity index (χ3n) is 6.06. The number of carbonyl (C=O) groups is 1. The van der Waals surface area contributed by atoms with Gasteiger partial charge in [0.25, 0.3) is 0 Å². The minimum Gasteiger partial charge on any atom is -0.465 e. The highest BCUT2D eigenvalue weighted by atomic mass is 32.2. The fourth-order valence-electron chi connectivity index (χ4n) is 4.47. The predicted molar refractivity (Wildman–Crippen MR) is 130 cm³/mol. The number of methoxy groups -OCH3 is 1. The molecule has 1 aliphatic rings. The molecule has 0 aliphatic heterocycles. The lowest BCUT2D eigenvalue weighted by Gasteiger charge is -2.24. The first-order valence-corrected chi connectivity index (χ1v) is 11.9. The van der Waals surface area contributed by atoms with Crippen molar-refractivity contribution in [3.8, 4) is 27.9 Å². The van der Waals surface area contributed by atoms with Crippen molar-refractivity contribution in [3.05, 3.63) is 89.2 Å². The van der Waals surface area contributed by atoms with Gasteiger partial charge in [0.05, 0.1) is 24.1 Å². The molecule has 0 N–H and O–H groups in total. The van der Waals surface area contributed by atoms with Gasteiger partial charge in [-0.05, 0) is 60.9 Å². The van der Waals surface area contributed by atoms with Crippen LogP contribution in [0.1, 0.15) is 27.2 Å². The average Bonchev–Trinajstić information content (AvgIpc) is 3.28. The van der Waals surface area contributed by atoms with Gasteiger partial charge in [0.2, 0.25) is 0 Å². The number of aromatic nitrogens is 2. The molecule has 0 spiro atoms. The van der Waals surface area contributed by atoms with Crippen LogP contribution in [-0.4, -0.2) is 29.1 Å². The van der Waals surface area contributed by atoms with Crippen LogP contribution >= 0.6 is 11.8 Å². The molecule has 0 saturated heterocycles. The molecule has 1 aromatic heterocycles. The summed E-state index contributed by atoms with van der Waals surface area (Å²) in [6.07, 6.45) is 5.72. The molecule has 4 nitrogen and oxygen atoms in total. The molecular weight excluding hydrogens is 416 g/mol. The number of benzene rings is 3. The Bertz CT molecular complexity index is 1310. The number of para-hydroxylation sites is 1. The van der Waals surface area contributed by atoms with Crippen molar-refractivity contribution in [2.24, 2.45) is 0 Å². The van der Waals surface area contributed by atoms with E-state index in [0.29, 0.717) is 5.56 Å². The normalized spacial score (nSPS) is 12.2. The van der Waals surface area contributed by atoms with Crippen molar-refractivity contribution < 1.29 is 9.53 Å². The van der Waals surface area contributed by atoms with Crippen molar-refractivity contribution in [1.82, 2.24) is 9.78 Å². The predicted octanol–water partition coefficient (Wildman–Crippen LogP) is 6.12. The van der Waals surface area contributed by atoms with Crippen molar-refractivity contribution >= 4 is 17.7 Å². The molecule has 1 aliphatic carbocycles. The zero-order valence-corrected chi connectivity index (χ0v) is 19.2. The molecule has 0 atom stereocenters. The first kappa shape index (κ1) is 20.6. The number of fused-ring (bicyclic) bond motifs is 3. The Morgan fingerprint density at radius 3 is 2.47 bits per heavy atom. The molecule has 4 aromatic rings. The Morgan fingerprint density at radius 1 is 1.03 bits per heavy atom. The standard InChI is InChI=1S/C27H24N2O2S/c1-17-9-11-18(12-10-17)21-15-24(32-3)26(27(30)31-2)25-20(21)13-14-23-22(25)16-29(28-23)19-7-5-4-6-8-19/h4-12,15-16H,13-14H2,1-3H3. The van der Waals surface area contributed by atoms with Gasteiger partial charge in [-0.15, -0.1) is 11.8 Å². The van der Waals surface area contributed by atoms with Crippen molar-refractivity contribution in [2.45, 2.75) is 24.7 Å². The fourth-order valence-corrected chi connectivity index (χ4v) is 5.10. The van der Waals surface area contributed by atoms with Gasteiger partial charge < -0.3 is 4.74 Å². The third-order valence-corrected chi connectivity index (χ3v) is 6.83. The second-order valence-electron chi connectivity index (χ2n) is 7.98. The van der Waals surface area contributed by atoms with E-state index < -0.39 is 0 Å². The summed E-state index contributed by atoms with van der Waals surface area (Å²) in [4.78, 5) is 13.9. The molecule has 0 bridgehead atoms. The summed E-state index contributed by atoms with van der Waals surface area (Å²) in [5.41, 5.74) is 9.38. The SMILES string of the molecule is COC(=O)c1c(SC)cc(-c2ccc(C)cc2)c2c1-c1cn(-c3ccccc3)nc1CC2. The molecule has 5 heteroatoms. The summed E-state index contributed by atoms with van der Waals surface area (Å²) < 4.78 is 7.15. The molecule has 160 valence electrons. The second kappa shape index (κ2) is 8.32. The Kier molecular flexibility index (Phi) is 5.35. The third kappa shape index (κ3) is 3.43. The lowest BCUT2D eigenvalue weighted by molar-refractivity contribution is 0.0597. The topological polar surface area (TPSA) is 44.1 Å². The van der Waals surface area contributed by atoms with Gasteiger partial charge in [0, 0.05) is 22.2 Å². The van der Waals surface area contributed by atoms with Crippen LogP contribution in [0.25, 0.3) is 27.9 Å². The number of esters is 1. The monoisotopic (exact) mass is 440 g/mol. The van der Waals surface area contributed by atoms with E-state index >= 15 is 0 Å². The number of ether oxygens (including phenoxy) is 1. The molecule has 0 amide bonds. The van der Waals surface area contributed by atoms with E-state index in [1.807, 2.05) is 41.3 Å². The van der Waals surface area contributed by atoms with Gasteiger partial charge in [-0.3, -0.25) is 0 Å². The largest absolute Gasteiger partial charge is 0.465 e. The number of carbonyl (C=O) groups excluding carboxylic acids is 1. The van der Waals surface area contributed by atoms with Crippen LogP contribution in [0.3, 0.4) is 0 Å². The number of hydrogen-bond donors (Lipinski definition) is 0. The average molecular weight is 441 g/mol. The molecule has 5 rings (SSSR count). The Hall–Kier alpha value is -3.31. The van der Waals surface area contributed by atoms with E-state index in [1.165, 1.54) is 23.8 Å². The summed E-state index contributed by atoms with van der Waals surface area (Å²) in [6, 6.07) is 20.8. The Balaban J connectivity index is 1.80. The van der Waals surface area contributed by atoms with Gasteiger partial charge in [-0.25, -0.2) is 9.48 Å². The maximum absolute atomic E-state index is 13.0. The summed E-state index contributed by atoms with van der Waals surface area (Å²) in [7, 11) is 1.45. The minimum absolute atomic E-state index is 0.304. The molecule has 0 unspecified atom stereocenters. The van der Waals surface area contributed by atoms with Crippen LogP contribution in [0.4, 0.5) is 0 Å². The van der Waals surface area contributed by atoms with Gasteiger partial charge >= 0.3 is 5.97 Å². The van der Waals surface area contributed by atoms with Gasteiger partial charge in [-0.1, -0.05) is 48.0 Å². The van der Waals surface area contributed by atoms with E-state index in [4.69, 9.17) is 9.84 Å². The highest BCUT2D eigenvalue weighted by Crippen LogP contribution is 2.45. The van der Waals surface area contributed by atoms with Crippen molar-refractivity contribution in [2.75, 3.05) is 13.4 Å². The smallest absolute Gasteiger partial charge is 0.339 e. The van der Waals surface area contributed by atoms with Gasteiger partial charge in [0.15, 0.2) is 0 Å². The van der Waals surface area contributed by atoms with E-state index in [2.05, 4.69) is 43.5 Å². The summed E-state index contributed by atoms with van der Waals surface area (Å²) in [5, 5.41) is 4.87. The highest BCUT2D eigenvalue weighted by Gasteiger charge is 2.30. The zero-order chi connectivity index (χ0) is 22.2. The molecule has 32 heavy (non-hydrogen) atoms. The van der Waals surface area contributed by atoms with Crippen LogP contribution in [0.2, 0.25) is 0 Å². The first-order valence-electron chi connectivity index (χ1n) is 10.6. The number of thioether (sulfide) groups is 1. The summed E-state index contributed by atoms with van der Waals surface area (Å²) >= 11 is 1.57. The summed E-state index contributed by atoms with van der Waals surface area (Å²) in [5.74, 6) is -0.304. The van der Waals surface area contributed by atoms with Crippen LogP contribution in [0.5, 0.6) is 0 Å². The maximum Gasteiger partial charge on any atom is 0.339 e. The molecule has 0 fully saturated rings. The number of aryl methyl sites for hydroxylation is 2. The quantitative estimate of drug-likeness (QED) is 0.283. The van der Waals surface area contributed by atoms with Crippen molar-refractivity contribution in [1.29, 1.82) is 0 Å². The Labute approximate surface area is 192 Å². The highest BCUT2D eigenvalue weighted by molar-refractivity contribution is 7.98. The van der Waals surface area contributed by atoms with Crippen LogP contribution in [0.15, 0.2) is 71.8 Å². The van der Waals surface area contributed by atoms with E-state index in [-0.39, 0.29) is 5.97 Å². The van der Waals surface area contributed by atoms with Crippen LogP contribution in [-0.2, 0) is 17.6 Å². The zero-order valence-electron chi connectivity index (χ0n) is 18.4. The molecule has 0 radical (unpaired) electrons. The molecular formula is C27H24N2O2S. The van der Waals surface area contributed by atoms with E-state index in [0.717, 1.165) is 45.8 Å². The van der Waals surface area contributed by atoms with Crippen molar-refractivity contribution in [3.63, 3.8) is 0 Å². The molecule has 0 saturated carbocycles. The van der Waals surface area contributed by atoms with Gasteiger partial charge in [-0.2, -0.15) is 5.10 Å². The fraction of sp³-hybridized carbons (Fsp3) is 0.185. The molecule has 3 aromatic carbocycles. The number of hydrogen-bond acceptors (Lipinski definition) is 4. The number of rotatable bonds is 4. The Morgan fingerprint density at radius 2 is 1.78 bits per heavy atom. The lowest BCUT2D eigenvalue weighted by atomic mass is 9.82. The summed E-state index contributed by atoms with van der Waals surface area (Å²) in [6.45, 7) is 2.09. The first-order chi connectivity index (χ1) is 15.6. The maximum atomic E-state index is 13.0. The van der Waals surface area contributed by atoms with Gasteiger partial charge in [0.1, 0.15) is 0 Å². The lowest BCUT2D eigenvalue weighted by Crippen LogP contribution is -2.13. The number of nitrogens with zero attached hydrogens (tertiary/aromatic N) is 2. The molecule has 1 heterocycles. The van der Waals surface area contributed by atoms with E-state index in [1.54, 1.807) is 11.8 Å². The minimum atomic E-state index is -0.304. The van der Waals surface area contributed by atoms with E-state index in [9.17, 15) is 4.79 Å².